The van der Waals surface area contributed by atoms with Crippen molar-refractivity contribution in [1.29, 1.82) is 0 Å². The lowest BCUT2D eigenvalue weighted by atomic mass is 10.1. The van der Waals surface area contributed by atoms with Crippen molar-refractivity contribution in [2.45, 2.75) is 58.5 Å². The normalized spacial score (nSPS) is 22.4. The summed E-state index contributed by atoms with van der Waals surface area (Å²) in [5.74, 6) is -0.0479. The fourth-order valence-electron chi connectivity index (χ4n) is 4.27. The molecule has 0 aromatic heterocycles. The molecule has 0 radical (unpaired) electrons. The quantitative estimate of drug-likeness (QED) is 0.534. The van der Waals surface area contributed by atoms with Crippen molar-refractivity contribution in [2.75, 3.05) is 6.61 Å². The van der Waals surface area contributed by atoms with Gasteiger partial charge in [-0.2, -0.15) is 0 Å². The minimum atomic E-state index is -2.59. The van der Waals surface area contributed by atoms with Crippen LogP contribution in [0.2, 0.25) is 5.04 Å². The molecular formula is C24H32O4Si. The summed E-state index contributed by atoms with van der Waals surface area (Å²) in [5, 5.41) is 2.43. The van der Waals surface area contributed by atoms with Crippen molar-refractivity contribution in [3.05, 3.63) is 60.7 Å². The van der Waals surface area contributed by atoms with Crippen LogP contribution >= 0.6 is 0 Å². The SMILES string of the molecule is CC(=O)OC1C[C@@H](C)[C@H](CO[Si](c2ccccc2)(c2ccccc2)C(C)(C)C)O1. The summed E-state index contributed by atoms with van der Waals surface area (Å²) in [6, 6.07) is 21.2. The van der Waals surface area contributed by atoms with Crippen molar-refractivity contribution in [1.82, 2.24) is 0 Å². The van der Waals surface area contributed by atoms with Gasteiger partial charge in [-0.3, -0.25) is 4.79 Å². The zero-order valence-corrected chi connectivity index (χ0v) is 19.1. The van der Waals surface area contributed by atoms with E-state index in [1.807, 2.05) is 12.1 Å². The van der Waals surface area contributed by atoms with Gasteiger partial charge in [0.15, 0.2) is 0 Å². The maximum Gasteiger partial charge on any atom is 0.304 e. The predicted molar refractivity (Wildman–Crippen MR) is 118 cm³/mol. The van der Waals surface area contributed by atoms with E-state index in [1.54, 1.807) is 0 Å². The Kier molecular flexibility index (Phi) is 6.61. The van der Waals surface area contributed by atoms with Crippen LogP contribution in [0.15, 0.2) is 60.7 Å². The molecule has 0 amide bonds. The van der Waals surface area contributed by atoms with Gasteiger partial charge in [-0.15, -0.1) is 0 Å². The van der Waals surface area contributed by atoms with Gasteiger partial charge in [0, 0.05) is 13.3 Å². The fraction of sp³-hybridized carbons (Fsp3) is 0.458. The Morgan fingerprint density at radius 2 is 1.55 bits per heavy atom. The van der Waals surface area contributed by atoms with E-state index in [-0.39, 0.29) is 23.0 Å². The minimum absolute atomic E-state index is 0.0766. The summed E-state index contributed by atoms with van der Waals surface area (Å²) in [4.78, 5) is 11.3. The molecule has 156 valence electrons. The first-order valence-corrected chi connectivity index (χ1v) is 12.2. The van der Waals surface area contributed by atoms with E-state index in [2.05, 4.69) is 76.2 Å². The van der Waals surface area contributed by atoms with Crippen LogP contribution in [0.25, 0.3) is 0 Å². The number of hydrogen-bond acceptors (Lipinski definition) is 4. The van der Waals surface area contributed by atoms with Crippen molar-refractivity contribution in [3.63, 3.8) is 0 Å². The largest absolute Gasteiger partial charge is 0.436 e. The van der Waals surface area contributed by atoms with Gasteiger partial charge in [0.2, 0.25) is 6.29 Å². The van der Waals surface area contributed by atoms with Gasteiger partial charge in [-0.05, 0) is 21.3 Å². The number of hydrogen-bond donors (Lipinski definition) is 0. The number of rotatable bonds is 6. The van der Waals surface area contributed by atoms with E-state index in [0.29, 0.717) is 13.0 Å². The molecule has 1 fully saturated rings. The zero-order chi connectivity index (χ0) is 21.1. The van der Waals surface area contributed by atoms with E-state index >= 15 is 0 Å². The maximum absolute atomic E-state index is 11.3. The van der Waals surface area contributed by atoms with E-state index in [9.17, 15) is 4.79 Å². The lowest BCUT2D eigenvalue weighted by molar-refractivity contribution is -0.174. The summed E-state index contributed by atoms with van der Waals surface area (Å²) < 4.78 is 18.2. The Hall–Kier alpha value is -1.95. The number of esters is 1. The van der Waals surface area contributed by atoms with Gasteiger partial charge < -0.3 is 13.9 Å². The van der Waals surface area contributed by atoms with Crippen LogP contribution in [0.1, 0.15) is 41.0 Å². The molecule has 1 aliphatic heterocycles. The molecule has 3 atom stereocenters. The molecule has 0 spiro atoms. The molecule has 0 bridgehead atoms. The van der Waals surface area contributed by atoms with Gasteiger partial charge in [-0.25, -0.2) is 0 Å². The molecule has 5 heteroatoms. The van der Waals surface area contributed by atoms with Crippen LogP contribution in [0.5, 0.6) is 0 Å². The minimum Gasteiger partial charge on any atom is -0.436 e. The second-order valence-electron chi connectivity index (χ2n) is 8.90. The molecule has 0 N–H and O–H groups in total. The molecule has 0 aliphatic carbocycles. The molecule has 0 saturated carbocycles. The molecule has 1 unspecified atom stereocenters. The molecule has 1 saturated heterocycles. The Morgan fingerprint density at radius 3 is 2.00 bits per heavy atom. The third-order valence-electron chi connectivity index (χ3n) is 5.70. The molecular weight excluding hydrogens is 380 g/mol. The highest BCUT2D eigenvalue weighted by Crippen LogP contribution is 2.38. The Bertz CT molecular complexity index is 761. The summed E-state index contributed by atoms with van der Waals surface area (Å²) in [6.45, 7) is 10.8. The number of benzene rings is 2. The van der Waals surface area contributed by atoms with Crippen molar-refractivity contribution in [2.24, 2.45) is 5.92 Å². The van der Waals surface area contributed by atoms with Gasteiger partial charge in [0.25, 0.3) is 8.32 Å². The summed E-state index contributed by atoms with van der Waals surface area (Å²) in [7, 11) is -2.59. The fourth-order valence-corrected chi connectivity index (χ4v) is 8.84. The monoisotopic (exact) mass is 412 g/mol. The van der Waals surface area contributed by atoms with Crippen LogP contribution in [0.4, 0.5) is 0 Å². The molecule has 2 aromatic carbocycles. The van der Waals surface area contributed by atoms with Gasteiger partial charge >= 0.3 is 5.97 Å². The second kappa shape index (κ2) is 8.82. The third kappa shape index (κ3) is 4.63. The molecule has 4 nitrogen and oxygen atoms in total. The number of carbonyl (C=O) groups is 1. The lowest BCUT2D eigenvalue weighted by Crippen LogP contribution is -2.67. The molecule has 1 heterocycles. The van der Waals surface area contributed by atoms with Gasteiger partial charge in [0.05, 0.1) is 12.7 Å². The number of ether oxygens (including phenoxy) is 2. The van der Waals surface area contributed by atoms with Crippen LogP contribution < -0.4 is 10.4 Å². The van der Waals surface area contributed by atoms with Crippen LogP contribution in [-0.2, 0) is 18.7 Å². The van der Waals surface area contributed by atoms with E-state index in [0.717, 1.165) is 0 Å². The number of carbonyl (C=O) groups excluding carboxylic acids is 1. The lowest BCUT2D eigenvalue weighted by Gasteiger charge is -2.43. The molecule has 29 heavy (non-hydrogen) atoms. The van der Waals surface area contributed by atoms with Crippen molar-refractivity contribution >= 4 is 24.7 Å². The molecule has 2 aromatic rings. The Labute approximate surface area is 175 Å². The Morgan fingerprint density at radius 1 is 1.03 bits per heavy atom. The highest BCUT2D eigenvalue weighted by molar-refractivity contribution is 6.99. The van der Waals surface area contributed by atoms with Crippen molar-refractivity contribution in [3.8, 4) is 0 Å². The predicted octanol–water partition coefficient (Wildman–Crippen LogP) is 3.88. The third-order valence-corrected chi connectivity index (χ3v) is 10.7. The molecule has 3 rings (SSSR count). The first kappa shape index (κ1) is 21.7. The first-order chi connectivity index (χ1) is 13.7. The standard InChI is InChI=1S/C24H32O4Si/c1-18-16-23(27-19(2)25)28-22(18)17-26-29(24(3,4)5,20-12-8-6-9-13-20)21-14-10-7-11-15-21/h6-15,18,22-23H,16-17H2,1-5H3/t18-,22+,23?/m1/s1. The Balaban J connectivity index is 1.93. The van der Waals surface area contributed by atoms with Gasteiger partial charge in [0.1, 0.15) is 0 Å². The summed E-state index contributed by atoms with van der Waals surface area (Å²) in [6.07, 6.45) is 0.130. The summed E-state index contributed by atoms with van der Waals surface area (Å²) in [5.41, 5.74) is 0. The smallest absolute Gasteiger partial charge is 0.304 e. The van der Waals surface area contributed by atoms with E-state index < -0.39 is 14.6 Å². The first-order valence-electron chi connectivity index (χ1n) is 10.3. The van der Waals surface area contributed by atoms with Crippen molar-refractivity contribution < 1.29 is 18.7 Å². The zero-order valence-electron chi connectivity index (χ0n) is 18.1. The average molecular weight is 413 g/mol. The second-order valence-corrected chi connectivity index (χ2v) is 13.2. The average Bonchev–Trinajstić information content (AvgIpc) is 3.01. The van der Waals surface area contributed by atoms with E-state index in [4.69, 9.17) is 13.9 Å². The topological polar surface area (TPSA) is 44.8 Å². The van der Waals surface area contributed by atoms with Crippen LogP contribution in [0, 0.1) is 5.92 Å². The van der Waals surface area contributed by atoms with Crippen LogP contribution in [-0.4, -0.2) is 33.3 Å². The van der Waals surface area contributed by atoms with Gasteiger partial charge in [-0.1, -0.05) is 88.4 Å². The highest BCUT2D eigenvalue weighted by atomic mass is 28.4. The highest BCUT2D eigenvalue weighted by Gasteiger charge is 2.51. The molecule has 1 aliphatic rings. The van der Waals surface area contributed by atoms with E-state index in [1.165, 1.54) is 17.3 Å². The summed E-state index contributed by atoms with van der Waals surface area (Å²) >= 11 is 0. The maximum atomic E-state index is 11.3. The van der Waals surface area contributed by atoms with Crippen LogP contribution in [0.3, 0.4) is 0 Å².